The standard InChI is InChI=1S/C21H17BrN2O6/c1-11-5-12(2)7-15(6-11)24-20(28)16(19(27)23-21(24)29)9-13-8-14(22)3-4-17(13)30-10-18(25)26/h3-9H,10H2,1-2H3,(H,25,26)(H,23,27,29)/p-1/b16-9+. The number of ether oxygens (including phenoxy) is 1. The number of rotatable bonds is 5. The summed E-state index contributed by atoms with van der Waals surface area (Å²) in [4.78, 5) is 49.4. The Morgan fingerprint density at radius 3 is 2.43 bits per heavy atom. The number of halogens is 1. The maximum Gasteiger partial charge on any atom is 0.335 e. The number of barbiturate groups is 1. The van der Waals surface area contributed by atoms with Crippen molar-refractivity contribution >= 4 is 51.5 Å². The Morgan fingerprint density at radius 1 is 1.13 bits per heavy atom. The summed E-state index contributed by atoms with van der Waals surface area (Å²) in [6.07, 6.45) is 1.25. The van der Waals surface area contributed by atoms with E-state index in [0.29, 0.717) is 10.2 Å². The molecule has 4 amide bonds. The lowest BCUT2D eigenvalue weighted by Gasteiger charge is -2.27. The summed E-state index contributed by atoms with van der Waals surface area (Å²) in [7, 11) is 0. The van der Waals surface area contributed by atoms with Crippen LogP contribution in [-0.2, 0) is 14.4 Å². The molecule has 2 aromatic rings. The number of carboxylic acid groups (broad SMARTS) is 1. The summed E-state index contributed by atoms with van der Waals surface area (Å²) in [5, 5.41) is 12.9. The molecule has 1 fully saturated rings. The van der Waals surface area contributed by atoms with Gasteiger partial charge in [0.2, 0.25) is 0 Å². The number of urea groups is 1. The summed E-state index contributed by atoms with van der Waals surface area (Å²) in [6, 6.07) is 9.00. The monoisotopic (exact) mass is 471 g/mol. The molecule has 0 unspecified atom stereocenters. The number of nitrogens with one attached hydrogen (secondary N) is 1. The minimum atomic E-state index is -1.42. The maximum atomic E-state index is 13.1. The van der Waals surface area contributed by atoms with Crippen LogP contribution < -0.4 is 20.1 Å². The number of amides is 4. The maximum absolute atomic E-state index is 13.1. The summed E-state index contributed by atoms with van der Waals surface area (Å²) < 4.78 is 5.79. The molecular formula is C21H16BrN2O6-. The molecule has 1 saturated heterocycles. The molecule has 1 aliphatic rings. The smallest absolute Gasteiger partial charge is 0.335 e. The number of carbonyl (C=O) groups is 4. The molecule has 0 aromatic heterocycles. The Labute approximate surface area is 180 Å². The lowest BCUT2D eigenvalue weighted by Crippen LogP contribution is -2.54. The van der Waals surface area contributed by atoms with E-state index < -0.39 is 30.4 Å². The molecule has 154 valence electrons. The number of benzene rings is 2. The van der Waals surface area contributed by atoms with Crippen molar-refractivity contribution < 1.29 is 29.0 Å². The van der Waals surface area contributed by atoms with Gasteiger partial charge in [-0.05, 0) is 61.4 Å². The highest BCUT2D eigenvalue weighted by molar-refractivity contribution is 9.10. The van der Waals surface area contributed by atoms with Crippen molar-refractivity contribution in [1.82, 2.24) is 5.32 Å². The molecule has 8 nitrogen and oxygen atoms in total. The Morgan fingerprint density at radius 2 is 1.80 bits per heavy atom. The Kier molecular flexibility index (Phi) is 6.02. The summed E-state index contributed by atoms with van der Waals surface area (Å²) in [6.45, 7) is 2.95. The van der Waals surface area contributed by atoms with Crippen molar-refractivity contribution in [2.45, 2.75) is 13.8 Å². The van der Waals surface area contributed by atoms with Gasteiger partial charge >= 0.3 is 6.03 Å². The number of hydrogen-bond acceptors (Lipinski definition) is 6. The number of imide groups is 2. The largest absolute Gasteiger partial charge is 0.546 e. The van der Waals surface area contributed by atoms with Crippen LogP contribution in [0.2, 0.25) is 0 Å². The quantitative estimate of drug-likeness (QED) is 0.525. The zero-order valence-corrected chi connectivity index (χ0v) is 17.6. The first kappa shape index (κ1) is 21.3. The molecule has 1 heterocycles. The molecule has 0 aliphatic carbocycles. The number of carbonyl (C=O) groups excluding carboxylic acids is 4. The Hall–Kier alpha value is -3.46. The van der Waals surface area contributed by atoms with E-state index in [2.05, 4.69) is 21.2 Å². The minimum Gasteiger partial charge on any atom is -0.546 e. The predicted molar refractivity (Wildman–Crippen MR) is 110 cm³/mol. The zero-order valence-electron chi connectivity index (χ0n) is 16.0. The van der Waals surface area contributed by atoms with Gasteiger partial charge in [-0.25, -0.2) is 9.69 Å². The average Bonchev–Trinajstić information content (AvgIpc) is 2.63. The number of aryl methyl sites for hydroxylation is 2. The number of aliphatic carboxylic acids is 1. The lowest BCUT2D eigenvalue weighted by molar-refractivity contribution is -0.307. The van der Waals surface area contributed by atoms with E-state index in [-0.39, 0.29) is 16.9 Å². The molecule has 9 heteroatoms. The highest BCUT2D eigenvalue weighted by Crippen LogP contribution is 2.28. The number of anilines is 1. The van der Waals surface area contributed by atoms with Gasteiger partial charge < -0.3 is 14.6 Å². The first-order valence-corrected chi connectivity index (χ1v) is 9.57. The van der Waals surface area contributed by atoms with Crippen LogP contribution in [0, 0.1) is 13.8 Å². The van der Waals surface area contributed by atoms with Crippen molar-refractivity contribution in [1.29, 1.82) is 0 Å². The fourth-order valence-corrected chi connectivity index (χ4v) is 3.41. The molecule has 0 spiro atoms. The van der Waals surface area contributed by atoms with Gasteiger partial charge in [0.15, 0.2) is 0 Å². The fraction of sp³-hybridized carbons (Fsp3) is 0.143. The molecular weight excluding hydrogens is 456 g/mol. The third-order valence-electron chi connectivity index (χ3n) is 4.18. The molecule has 0 atom stereocenters. The van der Waals surface area contributed by atoms with Gasteiger partial charge in [-0.15, -0.1) is 0 Å². The van der Waals surface area contributed by atoms with Crippen molar-refractivity contribution in [3.63, 3.8) is 0 Å². The second-order valence-corrected chi connectivity index (χ2v) is 7.56. The van der Waals surface area contributed by atoms with E-state index >= 15 is 0 Å². The highest BCUT2D eigenvalue weighted by atomic mass is 79.9. The van der Waals surface area contributed by atoms with Crippen LogP contribution in [0.25, 0.3) is 6.08 Å². The Balaban J connectivity index is 2.05. The molecule has 2 aromatic carbocycles. The van der Waals surface area contributed by atoms with Crippen LogP contribution in [0.5, 0.6) is 5.75 Å². The molecule has 1 aliphatic heterocycles. The first-order chi connectivity index (χ1) is 14.2. The fourth-order valence-electron chi connectivity index (χ4n) is 3.03. The topological polar surface area (TPSA) is 116 Å². The summed E-state index contributed by atoms with van der Waals surface area (Å²) >= 11 is 3.28. The predicted octanol–water partition coefficient (Wildman–Crippen LogP) is 1.86. The SMILES string of the molecule is Cc1cc(C)cc(N2C(=O)NC(=O)/C(=C\c3cc(Br)ccc3OCC(=O)[O-])C2=O)c1. The van der Waals surface area contributed by atoms with E-state index in [9.17, 15) is 24.3 Å². The van der Waals surface area contributed by atoms with Crippen molar-refractivity contribution in [2.24, 2.45) is 0 Å². The van der Waals surface area contributed by atoms with Crippen molar-refractivity contribution in [3.8, 4) is 5.75 Å². The molecule has 0 bridgehead atoms. The second-order valence-electron chi connectivity index (χ2n) is 6.65. The first-order valence-electron chi connectivity index (χ1n) is 8.77. The van der Waals surface area contributed by atoms with Crippen LogP contribution in [-0.4, -0.2) is 30.4 Å². The lowest BCUT2D eigenvalue weighted by atomic mass is 10.0. The van der Waals surface area contributed by atoms with Crippen LogP contribution in [0.4, 0.5) is 10.5 Å². The van der Waals surface area contributed by atoms with Gasteiger partial charge in [0.1, 0.15) is 17.9 Å². The van der Waals surface area contributed by atoms with Gasteiger partial charge in [-0.1, -0.05) is 22.0 Å². The number of carboxylic acids is 1. The zero-order chi connectivity index (χ0) is 22.0. The van der Waals surface area contributed by atoms with Gasteiger partial charge in [-0.2, -0.15) is 0 Å². The van der Waals surface area contributed by atoms with Crippen LogP contribution in [0.3, 0.4) is 0 Å². The van der Waals surface area contributed by atoms with E-state index in [4.69, 9.17) is 4.74 Å². The number of nitrogens with zero attached hydrogens (tertiary/aromatic N) is 1. The normalized spacial score (nSPS) is 15.4. The van der Waals surface area contributed by atoms with Crippen LogP contribution in [0.15, 0.2) is 46.4 Å². The van der Waals surface area contributed by atoms with Crippen LogP contribution >= 0.6 is 15.9 Å². The molecule has 0 radical (unpaired) electrons. The third kappa shape index (κ3) is 4.57. The molecule has 3 rings (SSSR count). The second kappa shape index (κ2) is 8.50. The van der Waals surface area contributed by atoms with E-state index in [1.807, 2.05) is 19.9 Å². The third-order valence-corrected chi connectivity index (χ3v) is 4.68. The molecule has 30 heavy (non-hydrogen) atoms. The molecule has 1 N–H and O–H groups in total. The van der Waals surface area contributed by atoms with E-state index in [1.54, 1.807) is 24.3 Å². The van der Waals surface area contributed by atoms with E-state index in [1.165, 1.54) is 12.1 Å². The summed E-state index contributed by atoms with van der Waals surface area (Å²) in [5.74, 6) is -2.96. The van der Waals surface area contributed by atoms with Crippen molar-refractivity contribution in [3.05, 3.63) is 63.1 Å². The Bertz CT molecular complexity index is 1090. The van der Waals surface area contributed by atoms with Crippen LogP contribution in [0.1, 0.15) is 16.7 Å². The molecule has 0 saturated carbocycles. The van der Waals surface area contributed by atoms with Gasteiger partial charge in [-0.3, -0.25) is 14.9 Å². The minimum absolute atomic E-state index is 0.130. The highest BCUT2D eigenvalue weighted by Gasteiger charge is 2.37. The van der Waals surface area contributed by atoms with Gasteiger partial charge in [0, 0.05) is 10.0 Å². The van der Waals surface area contributed by atoms with Crippen molar-refractivity contribution in [2.75, 3.05) is 11.5 Å². The van der Waals surface area contributed by atoms with Gasteiger partial charge in [0.05, 0.1) is 11.7 Å². The van der Waals surface area contributed by atoms with E-state index in [0.717, 1.165) is 16.0 Å². The number of hydrogen-bond donors (Lipinski definition) is 1. The summed E-state index contributed by atoms with van der Waals surface area (Å²) in [5.41, 5.74) is 2.00. The van der Waals surface area contributed by atoms with Gasteiger partial charge in [0.25, 0.3) is 11.8 Å². The average molecular weight is 472 g/mol.